The molecule has 0 spiro atoms. The summed E-state index contributed by atoms with van der Waals surface area (Å²) in [6.45, 7) is 4.63. The van der Waals surface area contributed by atoms with Gasteiger partial charge in [0.05, 0.1) is 6.10 Å². The van der Waals surface area contributed by atoms with Crippen molar-refractivity contribution in [1.82, 2.24) is 15.6 Å². The van der Waals surface area contributed by atoms with E-state index in [-0.39, 0.29) is 18.0 Å². The normalized spacial score (nSPS) is 10.5. The third kappa shape index (κ3) is 6.77. The maximum Gasteiger partial charge on any atom is 0.315 e. The van der Waals surface area contributed by atoms with Crippen LogP contribution in [-0.2, 0) is 13.1 Å². The van der Waals surface area contributed by atoms with E-state index in [0.29, 0.717) is 24.7 Å². The van der Waals surface area contributed by atoms with Crippen LogP contribution in [0.3, 0.4) is 0 Å². The lowest BCUT2D eigenvalue weighted by Gasteiger charge is -2.12. The van der Waals surface area contributed by atoms with Crippen molar-refractivity contribution >= 4 is 6.03 Å². The summed E-state index contributed by atoms with van der Waals surface area (Å²) >= 11 is 0. The summed E-state index contributed by atoms with van der Waals surface area (Å²) < 4.78 is 24.3. The number of nitrogens with one attached hydrogen (secondary N) is 2. The molecule has 1 heterocycles. The number of urea groups is 1. The molecule has 3 aromatic rings. The van der Waals surface area contributed by atoms with Gasteiger partial charge in [-0.3, -0.25) is 0 Å². The summed E-state index contributed by atoms with van der Waals surface area (Å²) in [5.74, 6) is 1.28. The van der Waals surface area contributed by atoms with Crippen LogP contribution in [0.2, 0.25) is 0 Å². The quantitative estimate of drug-likeness (QED) is 0.561. The molecule has 0 aliphatic rings. The molecule has 7 heteroatoms. The van der Waals surface area contributed by atoms with Crippen LogP contribution in [0.15, 0.2) is 66.9 Å². The Hall–Kier alpha value is -3.61. The van der Waals surface area contributed by atoms with Gasteiger partial charge in [0.2, 0.25) is 5.88 Å². The van der Waals surface area contributed by atoms with Crippen molar-refractivity contribution in [3.63, 3.8) is 0 Å². The number of hydrogen-bond acceptors (Lipinski definition) is 4. The molecule has 0 aliphatic carbocycles. The molecule has 1 aromatic heterocycles. The Kier molecular flexibility index (Phi) is 7.21. The Morgan fingerprint density at radius 3 is 2.37 bits per heavy atom. The zero-order chi connectivity index (χ0) is 21.3. The second-order valence-corrected chi connectivity index (χ2v) is 6.91. The van der Waals surface area contributed by atoms with Crippen molar-refractivity contribution in [2.45, 2.75) is 33.0 Å². The Bertz CT molecular complexity index is 977. The highest BCUT2D eigenvalue weighted by atomic mass is 19.1. The van der Waals surface area contributed by atoms with Crippen LogP contribution in [-0.4, -0.2) is 17.1 Å². The minimum absolute atomic E-state index is 0.0915. The maximum absolute atomic E-state index is 13.0. The van der Waals surface area contributed by atoms with E-state index in [0.717, 1.165) is 16.9 Å². The average Bonchev–Trinajstić information content (AvgIpc) is 2.72. The summed E-state index contributed by atoms with van der Waals surface area (Å²) in [4.78, 5) is 16.3. The number of nitrogens with zero attached hydrogens (tertiary/aromatic N) is 1. The van der Waals surface area contributed by atoms with Gasteiger partial charge in [-0.25, -0.2) is 14.2 Å². The van der Waals surface area contributed by atoms with Crippen molar-refractivity contribution in [2.24, 2.45) is 0 Å². The van der Waals surface area contributed by atoms with Gasteiger partial charge in [0.1, 0.15) is 17.3 Å². The van der Waals surface area contributed by atoms with E-state index in [2.05, 4.69) is 15.6 Å². The van der Waals surface area contributed by atoms with Gasteiger partial charge in [0, 0.05) is 25.4 Å². The van der Waals surface area contributed by atoms with Crippen LogP contribution >= 0.6 is 0 Å². The van der Waals surface area contributed by atoms with Gasteiger partial charge in [-0.1, -0.05) is 12.1 Å². The monoisotopic (exact) mass is 409 g/mol. The summed E-state index contributed by atoms with van der Waals surface area (Å²) in [7, 11) is 0. The van der Waals surface area contributed by atoms with Gasteiger partial charge in [-0.05, 0) is 67.4 Å². The summed E-state index contributed by atoms with van der Waals surface area (Å²) in [6.07, 6.45) is 1.68. The molecule has 6 nitrogen and oxygen atoms in total. The first-order chi connectivity index (χ1) is 14.5. The predicted octanol–water partition coefficient (Wildman–Crippen LogP) is 4.80. The van der Waals surface area contributed by atoms with Crippen molar-refractivity contribution in [2.75, 3.05) is 0 Å². The van der Waals surface area contributed by atoms with Crippen molar-refractivity contribution in [3.8, 4) is 17.4 Å². The molecule has 0 radical (unpaired) electrons. The molecule has 0 atom stereocenters. The van der Waals surface area contributed by atoms with Crippen LogP contribution in [0.1, 0.15) is 25.0 Å². The highest BCUT2D eigenvalue weighted by Crippen LogP contribution is 2.20. The van der Waals surface area contributed by atoms with E-state index >= 15 is 0 Å². The highest BCUT2D eigenvalue weighted by Gasteiger charge is 2.05. The number of pyridine rings is 1. The molecule has 2 amide bonds. The predicted molar refractivity (Wildman–Crippen MR) is 112 cm³/mol. The lowest BCUT2D eigenvalue weighted by molar-refractivity contribution is 0.239. The lowest BCUT2D eigenvalue weighted by atomic mass is 10.2. The highest BCUT2D eigenvalue weighted by molar-refractivity contribution is 5.73. The van der Waals surface area contributed by atoms with Crippen LogP contribution in [0.5, 0.6) is 17.4 Å². The number of benzene rings is 2. The fourth-order valence-electron chi connectivity index (χ4n) is 2.67. The molecule has 0 bridgehead atoms. The maximum atomic E-state index is 13.0. The van der Waals surface area contributed by atoms with E-state index < -0.39 is 0 Å². The fraction of sp³-hybridized carbons (Fsp3) is 0.217. The van der Waals surface area contributed by atoms with E-state index in [4.69, 9.17) is 9.47 Å². The van der Waals surface area contributed by atoms with E-state index in [9.17, 15) is 9.18 Å². The minimum atomic E-state index is -0.335. The summed E-state index contributed by atoms with van der Waals surface area (Å²) in [6, 6.07) is 16.5. The van der Waals surface area contributed by atoms with E-state index in [1.165, 1.54) is 24.3 Å². The molecule has 0 aliphatic heterocycles. The Morgan fingerprint density at radius 1 is 0.967 bits per heavy atom. The molecule has 0 fully saturated rings. The molecule has 0 saturated carbocycles. The SMILES string of the molecule is CC(C)Oc1cccc(CNC(=O)NCc2ccnc(Oc3ccc(F)cc3)c2)c1. The van der Waals surface area contributed by atoms with Crippen LogP contribution < -0.4 is 20.1 Å². The smallest absolute Gasteiger partial charge is 0.315 e. The summed E-state index contributed by atoms with van der Waals surface area (Å²) in [5.41, 5.74) is 1.77. The van der Waals surface area contributed by atoms with Crippen LogP contribution in [0.25, 0.3) is 0 Å². The molecule has 2 N–H and O–H groups in total. The van der Waals surface area contributed by atoms with Gasteiger partial charge in [0.15, 0.2) is 0 Å². The first kappa shape index (κ1) is 21.1. The number of rotatable bonds is 8. The molecular formula is C23H24FN3O3. The topological polar surface area (TPSA) is 72.5 Å². The molecular weight excluding hydrogens is 385 g/mol. The summed E-state index contributed by atoms with van der Waals surface area (Å²) in [5, 5.41) is 5.62. The van der Waals surface area contributed by atoms with Crippen LogP contribution in [0, 0.1) is 5.82 Å². The van der Waals surface area contributed by atoms with Gasteiger partial charge < -0.3 is 20.1 Å². The van der Waals surface area contributed by atoms with Gasteiger partial charge in [-0.2, -0.15) is 0 Å². The van der Waals surface area contributed by atoms with E-state index in [1.807, 2.05) is 38.1 Å². The average molecular weight is 409 g/mol. The zero-order valence-electron chi connectivity index (χ0n) is 16.9. The first-order valence-electron chi connectivity index (χ1n) is 9.63. The van der Waals surface area contributed by atoms with Gasteiger partial charge in [0.25, 0.3) is 0 Å². The van der Waals surface area contributed by atoms with Gasteiger partial charge >= 0.3 is 6.03 Å². The lowest BCUT2D eigenvalue weighted by Crippen LogP contribution is -2.34. The number of amides is 2. The second kappa shape index (κ2) is 10.2. The minimum Gasteiger partial charge on any atom is -0.491 e. The van der Waals surface area contributed by atoms with E-state index in [1.54, 1.807) is 18.3 Å². The molecule has 0 unspecified atom stereocenters. The van der Waals surface area contributed by atoms with Crippen molar-refractivity contribution in [3.05, 3.63) is 83.8 Å². The Labute approximate surface area is 175 Å². The number of carbonyl (C=O) groups excluding carboxylic acids is 1. The number of halogens is 1. The number of carbonyl (C=O) groups is 1. The number of aromatic nitrogens is 1. The second-order valence-electron chi connectivity index (χ2n) is 6.91. The number of hydrogen-bond donors (Lipinski definition) is 2. The Balaban J connectivity index is 1.48. The van der Waals surface area contributed by atoms with Gasteiger partial charge in [-0.15, -0.1) is 0 Å². The third-order valence-electron chi connectivity index (χ3n) is 4.01. The fourth-order valence-corrected chi connectivity index (χ4v) is 2.67. The molecule has 156 valence electrons. The molecule has 30 heavy (non-hydrogen) atoms. The van der Waals surface area contributed by atoms with Crippen molar-refractivity contribution in [1.29, 1.82) is 0 Å². The van der Waals surface area contributed by atoms with Crippen LogP contribution in [0.4, 0.5) is 9.18 Å². The standard InChI is InChI=1S/C23H24FN3O3/c1-16(2)29-21-5-3-4-17(12-21)14-26-23(28)27-15-18-10-11-25-22(13-18)30-20-8-6-19(24)7-9-20/h3-13,16H,14-15H2,1-2H3,(H2,26,27,28). The molecule has 2 aromatic carbocycles. The number of ether oxygens (including phenoxy) is 2. The molecule has 3 rings (SSSR count). The first-order valence-corrected chi connectivity index (χ1v) is 9.63. The molecule has 0 saturated heterocycles. The third-order valence-corrected chi connectivity index (χ3v) is 4.01. The Morgan fingerprint density at radius 2 is 1.67 bits per heavy atom. The largest absolute Gasteiger partial charge is 0.491 e. The zero-order valence-corrected chi connectivity index (χ0v) is 16.9. The van der Waals surface area contributed by atoms with Crippen molar-refractivity contribution < 1.29 is 18.7 Å².